The van der Waals surface area contributed by atoms with Crippen LogP contribution < -0.4 is 5.32 Å². The van der Waals surface area contributed by atoms with Crippen LogP contribution in [0.2, 0.25) is 0 Å². The van der Waals surface area contributed by atoms with Crippen molar-refractivity contribution in [3.05, 3.63) is 72.0 Å². The van der Waals surface area contributed by atoms with Crippen LogP contribution in [-0.4, -0.2) is 25.7 Å². The maximum atomic E-state index is 12.7. The van der Waals surface area contributed by atoms with Crippen molar-refractivity contribution < 1.29 is 4.79 Å². The summed E-state index contributed by atoms with van der Waals surface area (Å²) >= 11 is 1.58. The van der Waals surface area contributed by atoms with E-state index in [1.807, 2.05) is 47.8 Å². The molecule has 7 heteroatoms. The van der Waals surface area contributed by atoms with E-state index in [9.17, 15) is 4.79 Å². The van der Waals surface area contributed by atoms with Gasteiger partial charge in [-0.1, -0.05) is 24.3 Å². The Bertz CT molecular complexity index is 942. The fraction of sp³-hybridized carbons (Fsp3) is 0. The van der Waals surface area contributed by atoms with E-state index in [-0.39, 0.29) is 5.91 Å². The van der Waals surface area contributed by atoms with E-state index in [1.165, 1.54) is 0 Å². The summed E-state index contributed by atoms with van der Waals surface area (Å²) in [6.07, 6.45) is 3.24. The summed E-state index contributed by atoms with van der Waals surface area (Å²) in [6, 6.07) is 15.3. The Hall–Kier alpha value is -3.19. The number of carbonyl (C=O) groups excluding carboxylic acids is 1. The number of thiophene rings is 1. The normalized spacial score (nSPS) is 10.7. The zero-order chi connectivity index (χ0) is 16.4. The number of carbonyl (C=O) groups is 1. The van der Waals surface area contributed by atoms with E-state index in [4.69, 9.17) is 0 Å². The van der Waals surface area contributed by atoms with Crippen LogP contribution in [0, 0.1) is 0 Å². The van der Waals surface area contributed by atoms with Crippen LogP contribution in [0.3, 0.4) is 0 Å². The smallest absolute Gasteiger partial charge is 0.276 e. The Labute approximate surface area is 141 Å². The van der Waals surface area contributed by atoms with Crippen molar-refractivity contribution >= 4 is 23.2 Å². The van der Waals surface area contributed by atoms with Crippen molar-refractivity contribution in [3.8, 4) is 16.3 Å². The number of nitrogens with one attached hydrogen (secondary N) is 2. The molecule has 3 heterocycles. The average molecular weight is 335 g/mol. The molecule has 4 aromatic rings. The number of hydrogen-bond acceptors (Lipinski definition) is 4. The maximum absolute atomic E-state index is 12.7. The Morgan fingerprint density at radius 2 is 2.04 bits per heavy atom. The van der Waals surface area contributed by atoms with E-state index in [0.717, 1.165) is 16.3 Å². The molecule has 0 unspecified atom stereocenters. The highest BCUT2D eigenvalue weighted by atomic mass is 32.1. The summed E-state index contributed by atoms with van der Waals surface area (Å²) in [4.78, 5) is 20.6. The molecule has 0 aliphatic heterocycles. The number of benzene rings is 1. The number of para-hydroxylation sites is 1. The molecule has 4 rings (SSSR count). The number of aromatic nitrogens is 4. The highest BCUT2D eigenvalue weighted by Gasteiger charge is 2.18. The number of H-pyrrole nitrogens is 1. The second-order valence-electron chi connectivity index (χ2n) is 5.03. The molecule has 2 N–H and O–H groups in total. The van der Waals surface area contributed by atoms with Gasteiger partial charge in [0.15, 0.2) is 0 Å². The van der Waals surface area contributed by atoms with Crippen LogP contribution >= 0.6 is 11.3 Å². The lowest BCUT2D eigenvalue weighted by atomic mass is 10.3. The zero-order valence-electron chi connectivity index (χ0n) is 12.5. The number of imidazole rings is 1. The van der Waals surface area contributed by atoms with Gasteiger partial charge in [0.1, 0.15) is 11.4 Å². The van der Waals surface area contributed by atoms with Crippen molar-refractivity contribution in [1.82, 2.24) is 19.7 Å². The molecule has 1 aromatic carbocycles. The predicted molar refractivity (Wildman–Crippen MR) is 93.4 cm³/mol. The van der Waals surface area contributed by atoms with Crippen molar-refractivity contribution in [2.75, 3.05) is 5.32 Å². The number of amides is 1. The van der Waals surface area contributed by atoms with Crippen LogP contribution in [0.1, 0.15) is 10.5 Å². The minimum Gasteiger partial charge on any atom is -0.331 e. The van der Waals surface area contributed by atoms with Crippen LogP contribution in [0.25, 0.3) is 16.3 Å². The first kappa shape index (κ1) is 14.4. The van der Waals surface area contributed by atoms with Crippen molar-refractivity contribution in [2.45, 2.75) is 0 Å². The van der Waals surface area contributed by atoms with Gasteiger partial charge in [0.25, 0.3) is 5.91 Å². The minimum atomic E-state index is -0.274. The number of anilines is 1. The van der Waals surface area contributed by atoms with Gasteiger partial charge < -0.3 is 4.98 Å². The first-order valence-corrected chi connectivity index (χ1v) is 8.19. The van der Waals surface area contributed by atoms with Gasteiger partial charge in [0, 0.05) is 12.4 Å². The van der Waals surface area contributed by atoms with Crippen LogP contribution in [0.4, 0.5) is 5.95 Å². The van der Waals surface area contributed by atoms with Crippen LogP contribution in [0.5, 0.6) is 0 Å². The SMILES string of the molecule is O=C(Nc1ncc[nH]1)c1cc(-c2cccs2)nn1-c1ccccc1. The second-order valence-corrected chi connectivity index (χ2v) is 5.98. The third kappa shape index (κ3) is 2.72. The monoisotopic (exact) mass is 335 g/mol. The molecule has 118 valence electrons. The average Bonchev–Trinajstić information content (AvgIpc) is 3.36. The molecule has 24 heavy (non-hydrogen) atoms. The number of nitrogens with zero attached hydrogens (tertiary/aromatic N) is 3. The summed E-state index contributed by atoms with van der Waals surface area (Å²) in [5.74, 6) is 0.127. The van der Waals surface area contributed by atoms with E-state index < -0.39 is 0 Å². The first-order valence-electron chi connectivity index (χ1n) is 7.31. The molecule has 0 fully saturated rings. The second kappa shape index (κ2) is 6.13. The maximum Gasteiger partial charge on any atom is 0.276 e. The zero-order valence-corrected chi connectivity index (χ0v) is 13.3. The molecule has 3 aromatic heterocycles. The summed E-state index contributed by atoms with van der Waals surface area (Å²) < 4.78 is 1.65. The Morgan fingerprint density at radius 1 is 1.17 bits per heavy atom. The molecule has 0 atom stereocenters. The van der Waals surface area contributed by atoms with E-state index in [0.29, 0.717) is 11.6 Å². The highest BCUT2D eigenvalue weighted by molar-refractivity contribution is 7.13. The van der Waals surface area contributed by atoms with E-state index >= 15 is 0 Å². The van der Waals surface area contributed by atoms with Gasteiger partial charge in [-0.05, 0) is 29.6 Å². The number of rotatable bonds is 4. The van der Waals surface area contributed by atoms with Crippen molar-refractivity contribution in [3.63, 3.8) is 0 Å². The summed E-state index contributed by atoms with van der Waals surface area (Å²) in [7, 11) is 0. The third-order valence-corrected chi connectivity index (χ3v) is 4.34. The Kier molecular flexibility index (Phi) is 3.68. The molecule has 0 spiro atoms. The highest BCUT2D eigenvalue weighted by Crippen LogP contribution is 2.26. The van der Waals surface area contributed by atoms with E-state index in [1.54, 1.807) is 34.5 Å². The lowest BCUT2D eigenvalue weighted by Crippen LogP contribution is -2.17. The largest absolute Gasteiger partial charge is 0.331 e. The van der Waals surface area contributed by atoms with Gasteiger partial charge in [-0.2, -0.15) is 5.10 Å². The lowest BCUT2D eigenvalue weighted by molar-refractivity contribution is 0.101. The minimum absolute atomic E-state index is 0.274. The van der Waals surface area contributed by atoms with Gasteiger partial charge in [0.05, 0.1) is 10.6 Å². The lowest BCUT2D eigenvalue weighted by Gasteiger charge is -2.06. The first-order chi connectivity index (χ1) is 11.8. The van der Waals surface area contributed by atoms with Gasteiger partial charge >= 0.3 is 0 Å². The predicted octanol–water partition coefficient (Wildman–Crippen LogP) is 3.58. The van der Waals surface area contributed by atoms with Crippen molar-refractivity contribution in [1.29, 1.82) is 0 Å². The molecule has 0 saturated carbocycles. The fourth-order valence-corrected chi connectivity index (χ4v) is 3.04. The summed E-state index contributed by atoms with van der Waals surface area (Å²) in [5, 5.41) is 9.34. The number of aromatic amines is 1. The molecule has 0 aliphatic carbocycles. The molecular formula is C17H13N5OS. The van der Waals surface area contributed by atoms with E-state index in [2.05, 4.69) is 20.4 Å². The summed E-state index contributed by atoms with van der Waals surface area (Å²) in [5.41, 5.74) is 2.03. The van der Waals surface area contributed by atoms with Gasteiger partial charge in [-0.3, -0.25) is 10.1 Å². The van der Waals surface area contributed by atoms with Crippen LogP contribution in [0.15, 0.2) is 66.3 Å². The third-order valence-electron chi connectivity index (χ3n) is 3.45. The quantitative estimate of drug-likeness (QED) is 0.598. The fourth-order valence-electron chi connectivity index (χ4n) is 2.36. The molecule has 0 saturated heterocycles. The molecule has 0 bridgehead atoms. The molecule has 0 radical (unpaired) electrons. The molecule has 1 amide bonds. The number of hydrogen-bond donors (Lipinski definition) is 2. The Balaban J connectivity index is 1.77. The molecular weight excluding hydrogens is 322 g/mol. The van der Waals surface area contributed by atoms with Gasteiger partial charge in [0.2, 0.25) is 5.95 Å². The molecule has 6 nitrogen and oxygen atoms in total. The van der Waals surface area contributed by atoms with Gasteiger partial charge in [-0.25, -0.2) is 9.67 Å². The van der Waals surface area contributed by atoms with Crippen molar-refractivity contribution in [2.24, 2.45) is 0 Å². The summed E-state index contributed by atoms with van der Waals surface area (Å²) in [6.45, 7) is 0. The topological polar surface area (TPSA) is 75.6 Å². The van der Waals surface area contributed by atoms with Crippen LogP contribution in [-0.2, 0) is 0 Å². The molecule has 0 aliphatic rings. The standard InChI is InChI=1S/C17H13N5OS/c23-16(20-17-18-8-9-19-17)14-11-13(15-7-4-10-24-15)21-22(14)12-5-2-1-3-6-12/h1-11H,(H2,18,19,20,23). The van der Waals surface area contributed by atoms with Gasteiger partial charge in [-0.15, -0.1) is 11.3 Å². The Morgan fingerprint density at radius 3 is 2.75 bits per heavy atom.